The minimum absolute atomic E-state index is 0.0860. The van der Waals surface area contributed by atoms with Crippen molar-refractivity contribution < 1.29 is 14.3 Å². The van der Waals surface area contributed by atoms with E-state index in [0.717, 1.165) is 32.3 Å². The molecule has 2 fully saturated rings. The highest BCUT2D eigenvalue weighted by Crippen LogP contribution is 2.42. The van der Waals surface area contributed by atoms with E-state index < -0.39 is 5.60 Å². The fourth-order valence-electron chi connectivity index (χ4n) is 2.76. The first-order chi connectivity index (χ1) is 8.28. The van der Waals surface area contributed by atoms with E-state index in [2.05, 4.69) is 5.32 Å². The molecule has 0 bridgehead atoms. The van der Waals surface area contributed by atoms with Gasteiger partial charge in [-0.15, -0.1) is 0 Å². The average Bonchev–Trinajstić information content (AvgIpc) is 2.11. The summed E-state index contributed by atoms with van der Waals surface area (Å²) in [6.45, 7) is 6.31. The van der Waals surface area contributed by atoms with Gasteiger partial charge in [-0.05, 0) is 46.5 Å². The number of rotatable bonds is 1. The van der Waals surface area contributed by atoms with Gasteiger partial charge in [0.1, 0.15) is 5.60 Å². The quantitative estimate of drug-likeness (QED) is 0.746. The molecular weight excluding hydrogens is 232 g/mol. The van der Waals surface area contributed by atoms with Crippen LogP contribution in [0.3, 0.4) is 0 Å². The lowest BCUT2D eigenvalue weighted by Gasteiger charge is -2.50. The highest BCUT2D eigenvalue weighted by atomic mass is 16.6. The molecular formula is C13H24N2O3. The van der Waals surface area contributed by atoms with Gasteiger partial charge in [-0.1, -0.05) is 0 Å². The fourth-order valence-corrected chi connectivity index (χ4v) is 2.76. The van der Waals surface area contributed by atoms with Gasteiger partial charge >= 0.3 is 6.09 Å². The Labute approximate surface area is 108 Å². The summed E-state index contributed by atoms with van der Waals surface area (Å²) < 4.78 is 11.0. The standard InChI is InChI=1S/C13H24N2O3/c1-12(2,3)18-11(16)15-10-7-13(8-10)6-9(14)4-5-17-13/h9-10H,4-8,14H2,1-3H3,(H,15,16). The van der Waals surface area contributed by atoms with Gasteiger partial charge in [0.15, 0.2) is 0 Å². The van der Waals surface area contributed by atoms with Gasteiger partial charge in [0.05, 0.1) is 5.60 Å². The van der Waals surface area contributed by atoms with Crippen LogP contribution in [0.2, 0.25) is 0 Å². The molecule has 0 radical (unpaired) electrons. The van der Waals surface area contributed by atoms with Gasteiger partial charge in [0, 0.05) is 18.7 Å². The molecule has 0 aromatic carbocycles. The van der Waals surface area contributed by atoms with Gasteiger partial charge in [-0.25, -0.2) is 4.79 Å². The molecule has 1 spiro atoms. The molecule has 1 heterocycles. The molecule has 0 aromatic heterocycles. The molecule has 5 nitrogen and oxygen atoms in total. The van der Waals surface area contributed by atoms with E-state index in [0.29, 0.717) is 0 Å². The minimum atomic E-state index is -0.449. The summed E-state index contributed by atoms with van der Waals surface area (Å²) in [6, 6.07) is 0.395. The number of carbonyl (C=O) groups excluding carboxylic acids is 1. The lowest BCUT2D eigenvalue weighted by Crippen LogP contribution is -2.60. The van der Waals surface area contributed by atoms with Crippen LogP contribution in [-0.2, 0) is 9.47 Å². The Bertz CT molecular complexity index is 319. The van der Waals surface area contributed by atoms with E-state index in [9.17, 15) is 4.79 Å². The second-order valence-electron chi connectivity index (χ2n) is 6.54. The molecule has 1 saturated heterocycles. The molecule has 104 valence electrons. The Morgan fingerprint density at radius 2 is 2.06 bits per heavy atom. The summed E-state index contributed by atoms with van der Waals surface area (Å²) in [7, 11) is 0. The smallest absolute Gasteiger partial charge is 0.407 e. The molecule has 1 unspecified atom stereocenters. The lowest BCUT2D eigenvalue weighted by molar-refractivity contribution is -0.144. The first-order valence-electron chi connectivity index (χ1n) is 6.67. The van der Waals surface area contributed by atoms with Gasteiger partial charge in [0.2, 0.25) is 0 Å². The highest BCUT2D eigenvalue weighted by Gasteiger charge is 2.48. The zero-order valence-corrected chi connectivity index (χ0v) is 11.5. The predicted molar refractivity (Wildman–Crippen MR) is 68.3 cm³/mol. The molecule has 2 aliphatic rings. The van der Waals surface area contributed by atoms with Gasteiger partial charge < -0.3 is 20.5 Å². The summed E-state index contributed by atoms with van der Waals surface area (Å²) in [5.74, 6) is 0. The summed E-state index contributed by atoms with van der Waals surface area (Å²) in [4.78, 5) is 11.6. The summed E-state index contributed by atoms with van der Waals surface area (Å²) >= 11 is 0. The predicted octanol–water partition coefficient (Wildman–Crippen LogP) is 1.55. The lowest BCUT2D eigenvalue weighted by atomic mass is 9.70. The average molecular weight is 256 g/mol. The normalized spacial score (nSPS) is 36.0. The van der Waals surface area contributed by atoms with Gasteiger partial charge in [-0.3, -0.25) is 0 Å². The van der Waals surface area contributed by atoms with Crippen molar-refractivity contribution in [3.63, 3.8) is 0 Å². The Morgan fingerprint density at radius 3 is 2.61 bits per heavy atom. The van der Waals surface area contributed by atoms with Crippen LogP contribution in [0.4, 0.5) is 4.79 Å². The third-order valence-electron chi connectivity index (χ3n) is 3.49. The van der Waals surface area contributed by atoms with Crippen LogP contribution in [0.25, 0.3) is 0 Å². The van der Waals surface area contributed by atoms with Crippen molar-refractivity contribution >= 4 is 6.09 Å². The van der Waals surface area contributed by atoms with Crippen molar-refractivity contribution in [3.05, 3.63) is 0 Å². The maximum absolute atomic E-state index is 11.6. The molecule has 5 heteroatoms. The van der Waals surface area contributed by atoms with E-state index >= 15 is 0 Å². The Morgan fingerprint density at radius 1 is 1.39 bits per heavy atom. The molecule has 2 rings (SSSR count). The Balaban J connectivity index is 1.74. The van der Waals surface area contributed by atoms with Crippen LogP contribution in [0.1, 0.15) is 46.5 Å². The second kappa shape index (κ2) is 4.70. The Kier molecular flexibility index (Phi) is 3.56. The number of alkyl carbamates (subject to hydrolysis) is 1. The SMILES string of the molecule is CC(C)(C)OC(=O)NC1CC2(CC(N)CCO2)C1. The van der Waals surface area contributed by atoms with Crippen molar-refractivity contribution in [3.8, 4) is 0 Å². The fraction of sp³-hybridized carbons (Fsp3) is 0.923. The highest BCUT2D eigenvalue weighted by molar-refractivity contribution is 5.68. The largest absolute Gasteiger partial charge is 0.444 e. The number of carbonyl (C=O) groups is 1. The van der Waals surface area contributed by atoms with E-state index in [4.69, 9.17) is 15.2 Å². The number of amides is 1. The summed E-state index contributed by atoms with van der Waals surface area (Å²) in [5.41, 5.74) is 5.42. The van der Waals surface area contributed by atoms with Crippen molar-refractivity contribution in [2.75, 3.05) is 6.61 Å². The van der Waals surface area contributed by atoms with Crippen molar-refractivity contribution in [2.45, 2.75) is 69.7 Å². The van der Waals surface area contributed by atoms with Gasteiger partial charge in [-0.2, -0.15) is 0 Å². The third-order valence-corrected chi connectivity index (χ3v) is 3.49. The zero-order valence-electron chi connectivity index (χ0n) is 11.5. The Hall–Kier alpha value is -0.810. The van der Waals surface area contributed by atoms with Crippen LogP contribution in [0.15, 0.2) is 0 Å². The molecule has 1 atom stereocenters. The topological polar surface area (TPSA) is 73.6 Å². The molecule has 1 aliphatic heterocycles. The van der Waals surface area contributed by atoms with E-state index in [1.54, 1.807) is 0 Å². The van der Waals surface area contributed by atoms with Crippen molar-refractivity contribution in [1.82, 2.24) is 5.32 Å². The molecule has 0 aromatic rings. The van der Waals surface area contributed by atoms with Crippen molar-refractivity contribution in [1.29, 1.82) is 0 Å². The number of hydrogen-bond donors (Lipinski definition) is 2. The number of hydrogen-bond acceptors (Lipinski definition) is 4. The summed E-state index contributed by atoms with van der Waals surface area (Å²) in [6.07, 6.45) is 3.19. The molecule has 1 saturated carbocycles. The van der Waals surface area contributed by atoms with Crippen LogP contribution in [0.5, 0.6) is 0 Å². The molecule has 18 heavy (non-hydrogen) atoms. The monoisotopic (exact) mass is 256 g/mol. The maximum Gasteiger partial charge on any atom is 0.407 e. The van der Waals surface area contributed by atoms with Crippen molar-refractivity contribution in [2.24, 2.45) is 5.73 Å². The maximum atomic E-state index is 11.6. The molecule has 1 aliphatic carbocycles. The third kappa shape index (κ3) is 3.36. The van der Waals surface area contributed by atoms with Crippen LogP contribution >= 0.6 is 0 Å². The van der Waals surface area contributed by atoms with Crippen LogP contribution in [-0.4, -0.2) is 36.0 Å². The molecule has 3 N–H and O–H groups in total. The second-order valence-corrected chi connectivity index (χ2v) is 6.54. The van der Waals surface area contributed by atoms with Crippen LogP contribution < -0.4 is 11.1 Å². The van der Waals surface area contributed by atoms with Crippen LogP contribution in [0, 0.1) is 0 Å². The van der Waals surface area contributed by atoms with E-state index in [1.165, 1.54) is 0 Å². The number of nitrogens with two attached hydrogens (primary N) is 1. The zero-order chi connectivity index (χ0) is 13.4. The first kappa shape index (κ1) is 13.6. The van der Waals surface area contributed by atoms with Gasteiger partial charge in [0.25, 0.3) is 0 Å². The van der Waals surface area contributed by atoms with E-state index in [1.807, 2.05) is 20.8 Å². The number of nitrogens with one attached hydrogen (secondary N) is 1. The molecule has 1 amide bonds. The number of ether oxygens (including phenoxy) is 2. The van der Waals surface area contributed by atoms with E-state index in [-0.39, 0.29) is 23.8 Å². The summed E-state index contributed by atoms with van der Waals surface area (Å²) in [5, 5.41) is 2.88. The first-order valence-corrected chi connectivity index (χ1v) is 6.67. The minimum Gasteiger partial charge on any atom is -0.444 e.